The molecule has 0 fully saturated rings. The molecule has 0 amide bonds. The fourth-order valence-corrected chi connectivity index (χ4v) is 2.70. The number of aryl methyl sites for hydroxylation is 1. The van der Waals surface area contributed by atoms with Gasteiger partial charge >= 0.3 is 0 Å². The Morgan fingerprint density at radius 2 is 1.70 bits per heavy atom. The molecule has 0 radical (unpaired) electrons. The first-order valence-electron chi connectivity index (χ1n) is 7.07. The summed E-state index contributed by atoms with van der Waals surface area (Å²) in [7, 11) is 0. The number of rotatable bonds is 4. The zero-order chi connectivity index (χ0) is 13.9. The molecule has 0 atom stereocenters. The molecule has 2 nitrogen and oxygen atoms in total. The van der Waals surface area contributed by atoms with Gasteiger partial charge in [0.1, 0.15) is 0 Å². The van der Waals surface area contributed by atoms with Crippen molar-refractivity contribution < 1.29 is 5.11 Å². The molecule has 0 aliphatic heterocycles. The first-order valence-corrected chi connectivity index (χ1v) is 7.07. The standard InChI is InChI=1S/C18H19NO/c1-2-16-4-3-5-17-10-11-19(18(16)17)12-14-6-8-15(13-20)9-7-14/h3-11,20H,2,12-13H2,1H3. The van der Waals surface area contributed by atoms with Crippen molar-refractivity contribution in [2.45, 2.75) is 26.5 Å². The highest BCUT2D eigenvalue weighted by Gasteiger charge is 2.05. The number of hydrogen-bond donors (Lipinski definition) is 1. The van der Waals surface area contributed by atoms with Crippen LogP contribution < -0.4 is 0 Å². The molecule has 0 aliphatic rings. The molecule has 2 heteroatoms. The van der Waals surface area contributed by atoms with Crippen molar-refractivity contribution in [3.63, 3.8) is 0 Å². The number of hydrogen-bond acceptors (Lipinski definition) is 1. The van der Waals surface area contributed by atoms with Crippen molar-refractivity contribution in [1.82, 2.24) is 4.57 Å². The van der Waals surface area contributed by atoms with Crippen molar-refractivity contribution >= 4 is 10.9 Å². The van der Waals surface area contributed by atoms with Crippen LogP contribution in [0.4, 0.5) is 0 Å². The lowest BCUT2D eigenvalue weighted by atomic mass is 10.1. The maximum atomic E-state index is 9.09. The first-order chi connectivity index (χ1) is 9.81. The van der Waals surface area contributed by atoms with Crippen molar-refractivity contribution in [2.24, 2.45) is 0 Å². The average Bonchev–Trinajstić information content (AvgIpc) is 2.91. The fraction of sp³-hybridized carbons (Fsp3) is 0.222. The van der Waals surface area contributed by atoms with E-state index in [1.807, 2.05) is 12.1 Å². The Bertz CT molecular complexity index is 710. The molecule has 0 saturated heterocycles. The minimum Gasteiger partial charge on any atom is -0.392 e. The van der Waals surface area contributed by atoms with Gasteiger partial charge in [0.25, 0.3) is 0 Å². The van der Waals surface area contributed by atoms with E-state index in [1.165, 1.54) is 22.0 Å². The monoisotopic (exact) mass is 265 g/mol. The van der Waals surface area contributed by atoms with Crippen LogP contribution in [0.1, 0.15) is 23.6 Å². The van der Waals surface area contributed by atoms with Crippen molar-refractivity contribution in [2.75, 3.05) is 0 Å². The van der Waals surface area contributed by atoms with E-state index in [4.69, 9.17) is 5.11 Å². The Hall–Kier alpha value is -2.06. The summed E-state index contributed by atoms with van der Waals surface area (Å²) in [5.74, 6) is 0. The normalized spacial score (nSPS) is 11.1. The predicted molar refractivity (Wildman–Crippen MR) is 82.8 cm³/mol. The molecule has 20 heavy (non-hydrogen) atoms. The van der Waals surface area contributed by atoms with Gasteiger partial charge in [-0.1, -0.05) is 49.4 Å². The van der Waals surface area contributed by atoms with Gasteiger partial charge in [-0.2, -0.15) is 0 Å². The smallest absolute Gasteiger partial charge is 0.0681 e. The number of aliphatic hydroxyl groups excluding tert-OH is 1. The lowest BCUT2D eigenvalue weighted by Gasteiger charge is -2.09. The van der Waals surface area contributed by atoms with Crippen molar-refractivity contribution in [3.8, 4) is 0 Å². The number of para-hydroxylation sites is 1. The van der Waals surface area contributed by atoms with Crippen LogP contribution in [0.2, 0.25) is 0 Å². The van der Waals surface area contributed by atoms with Crippen LogP contribution in [0, 0.1) is 0 Å². The van der Waals surface area contributed by atoms with Gasteiger partial charge < -0.3 is 9.67 Å². The molecule has 1 N–H and O–H groups in total. The zero-order valence-electron chi connectivity index (χ0n) is 11.7. The topological polar surface area (TPSA) is 25.2 Å². The summed E-state index contributed by atoms with van der Waals surface area (Å²) in [5.41, 5.74) is 4.94. The zero-order valence-corrected chi connectivity index (χ0v) is 11.7. The lowest BCUT2D eigenvalue weighted by Crippen LogP contribution is -2.00. The van der Waals surface area contributed by atoms with Gasteiger partial charge in [-0.05, 0) is 34.6 Å². The maximum absolute atomic E-state index is 9.09. The van der Waals surface area contributed by atoms with E-state index in [0.29, 0.717) is 0 Å². The summed E-state index contributed by atoms with van der Waals surface area (Å²) in [5, 5.41) is 10.4. The van der Waals surface area contributed by atoms with E-state index in [2.05, 4.69) is 54.1 Å². The summed E-state index contributed by atoms with van der Waals surface area (Å²) >= 11 is 0. The summed E-state index contributed by atoms with van der Waals surface area (Å²) in [6.07, 6.45) is 3.20. The number of fused-ring (bicyclic) bond motifs is 1. The Morgan fingerprint density at radius 1 is 0.950 bits per heavy atom. The summed E-state index contributed by atoms with van der Waals surface area (Å²) in [6, 6.07) is 16.8. The minimum absolute atomic E-state index is 0.104. The van der Waals surface area contributed by atoms with Gasteiger partial charge in [0, 0.05) is 12.7 Å². The molecule has 3 aromatic rings. The van der Waals surface area contributed by atoms with Gasteiger partial charge in [-0.15, -0.1) is 0 Å². The van der Waals surface area contributed by atoms with Crippen LogP contribution in [0.25, 0.3) is 10.9 Å². The van der Waals surface area contributed by atoms with E-state index < -0.39 is 0 Å². The Balaban J connectivity index is 1.97. The van der Waals surface area contributed by atoms with E-state index in [-0.39, 0.29) is 6.61 Å². The van der Waals surface area contributed by atoms with Crippen LogP contribution >= 0.6 is 0 Å². The first kappa shape index (κ1) is 12.9. The molecule has 1 aromatic heterocycles. The molecule has 0 bridgehead atoms. The molecule has 3 rings (SSSR count). The van der Waals surface area contributed by atoms with E-state index in [9.17, 15) is 0 Å². The second-order valence-electron chi connectivity index (χ2n) is 5.13. The summed E-state index contributed by atoms with van der Waals surface area (Å²) in [6.45, 7) is 3.17. The van der Waals surface area contributed by atoms with Crippen molar-refractivity contribution in [1.29, 1.82) is 0 Å². The van der Waals surface area contributed by atoms with E-state index in [0.717, 1.165) is 18.5 Å². The molecule has 102 valence electrons. The molecule has 0 saturated carbocycles. The summed E-state index contributed by atoms with van der Waals surface area (Å²) < 4.78 is 2.31. The quantitative estimate of drug-likeness (QED) is 0.763. The number of nitrogens with zero attached hydrogens (tertiary/aromatic N) is 1. The van der Waals surface area contributed by atoms with Crippen LogP contribution in [0.15, 0.2) is 54.7 Å². The number of aromatic nitrogens is 1. The Kier molecular flexibility index (Phi) is 3.57. The van der Waals surface area contributed by atoms with Gasteiger partial charge in [0.05, 0.1) is 12.1 Å². The largest absolute Gasteiger partial charge is 0.392 e. The SMILES string of the molecule is CCc1cccc2ccn(Cc3ccc(CO)cc3)c12. The van der Waals surface area contributed by atoms with Gasteiger partial charge in [0.2, 0.25) is 0 Å². The predicted octanol–water partition coefficient (Wildman–Crippen LogP) is 3.74. The molecule has 0 spiro atoms. The highest BCUT2D eigenvalue weighted by atomic mass is 16.3. The third-order valence-electron chi connectivity index (χ3n) is 3.81. The van der Waals surface area contributed by atoms with Gasteiger partial charge in [0.15, 0.2) is 0 Å². The average molecular weight is 265 g/mol. The second-order valence-corrected chi connectivity index (χ2v) is 5.13. The van der Waals surface area contributed by atoms with Gasteiger partial charge in [-0.3, -0.25) is 0 Å². The molecule has 0 aliphatic carbocycles. The Labute approximate surface area is 119 Å². The fourth-order valence-electron chi connectivity index (χ4n) is 2.70. The molecular weight excluding hydrogens is 246 g/mol. The maximum Gasteiger partial charge on any atom is 0.0681 e. The third-order valence-corrected chi connectivity index (χ3v) is 3.81. The lowest BCUT2D eigenvalue weighted by molar-refractivity contribution is 0.282. The second kappa shape index (κ2) is 5.51. The van der Waals surface area contributed by atoms with Crippen LogP contribution in [-0.2, 0) is 19.6 Å². The molecule has 0 unspecified atom stereocenters. The van der Waals surface area contributed by atoms with Crippen LogP contribution in [0.5, 0.6) is 0 Å². The summed E-state index contributed by atoms with van der Waals surface area (Å²) in [4.78, 5) is 0. The minimum atomic E-state index is 0.104. The van der Waals surface area contributed by atoms with Crippen LogP contribution in [0.3, 0.4) is 0 Å². The number of aliphatic hydroxyl groups is 1. The van der Waals surface area contributed by atoms with Gasteiger partial charge in [-0.25, -0.2) is 0 Å². The molecule has 2 aromatic carbocycles. The Morgan fingerprint density at radius 3 is 2.40 bits per heavy atom. The molecular formula is C18H19NO. The highest BCUT2D eigenvalue weighted by molar-refractivity contribution is 5.83. The third kappa shape index (κ3) is 2.35. The molecule has 1 heterocycles. The van der Waals surface area contributed by atoms with E-state index in [1.54, 1.807) is 0 Å². The number of benzene rings is 2. The van der Waals surface area contributed by atoms with Crippen LogP contribution in [-0.4, -0.2) is 9.67 Å². The van der Waals surface area contributed by atoms with E-state index >= 15 is 0 Å². The highest BCUT2D eigenvalue weighted by Crippen LogP contribution is 2.22. The van der Waals surface area contributed by atoms with Crippen molar-refractivity contribution in [3.05, 3.63) is 71.4 Å².